The highest BCUT2D eigenvalue weighted by molar-refractivity contribution is 6.06. The van der Waals surface area contributed by atoms with Crippen LogP contribution in [0.3, 0.4) is 0 Å². The minimum absolute atomic E-state index is 0.205. The van der Waals surface area contributed by atoms with Crippen LogP contribution in [-0.4, -0.2) is 13.0 Å². The van der Waals surface area contributed by atoms with Crippen molar-refractivity contribution >= 4 is 11.6 Å². The van der Waals surface area contributed by atoms with E-state index in [1.54, 1.807) is 18.2 Å². The summed E-state index contributed by atoms with van der Waals surface area (Å²) in [6.07, 6.45) is 0. The van der Waals surface area contributed by atoms with Crippen molar-refractivity contribution in [3.05, 3.63) is 66.6 Å². The van der Waals surface area contributed by atoms with Gasteiger partial charge in [-0.3, -0.25) is 4.79 Å². The summed E-state index contributed by atoms with van der Waals surface area (Å²) in [4.78, 5) is 12.1. The molecule has 1 radical (unpaired) electrons. The number of hydrogen-bond donors (Lipinski definition) is 1. The molecule has 91 valence electrons. The van der Waals surface area contributed by atoms with E-state index in [1.807, 2.05) is 30.3 Å². The minimum atomic E-state index is -0.205. The van der Waals surface area contributed by atoms with Gasteiger partial charge < -0.3 is 10.1 Å². The first-order valence-electron chi connectivity index (χ1n) is 5.57. The summed E-state index contributed by atoms with van der Waals surface area (Å²) < 4.78 is 5.17. The lowest BCUT2D eigenvalue weighted by molar-refractivity contribution is 0.102. The third kappa shape index (κ3) is 2.69. The Balaban J connectivity index is 2.26. The van der Waals surface area contributed by atoms with Crippen molar-refractivity contribution in [1.82, 2.24) is 0 Å². The molecule has 0 spiro atoms. The Labute approximate surface area is 106 Å². The molecule has 0 fully saturated rings. The molecule has 1 amide bonds. The fourth-order valence-electron chi connectivity index (χ4n) is 1.65. The van der Waals surface area contributed by atoms with Gasteiger partial charge in [0.25, 0.3) is 5.91 Å². The third-order valence-corrected chi connectivity index (χ3v) is 2.54. The smallest absolute Gasteiger partial charge is 0.259 e. The monoisotopic (exact) mass is 240 g/mol. The third-order valence-electron chi connectivity index (χ3n) is 2.54. The van der Waals surface area contributed by atoms with Crippen molar-refractivity contribution < 1.29 is 9.53 Å². The molecule has 0 aliphatic rings. The molecule has 0 aliphatic heterocycles. The summed E-state index contributed by atoms with van der Waals surface area (Å²) in [7, 11) is 1.54. The van der Waals surface area contributed by atoms with Gasteiger partial charge in [-0.25, -0.2) is 0 Å². The van der Waals surface area contributed by atoms with E-state index in [2.05, 4.69) is 12.2 Å². The normalized spacial score (nSPS) is 9.89. The van der Waals surface area contributed by atoms with Crippen LogP contribution in [0.2, 0.25) is 0 Å². The highest BCUT2D eigenvalue weighted by atomic mass is 16.5. The van der Waals surface area contributed by atoms with Crippen LogP contribution in [0.1, 0.15) is 15.9 Å². The largest absolute Gasteiger partial charge is 0.496 e. The number of para-hydroxylation sites is 1. The maximum atomic E-state index is 12.1. The van der Waals surface area contributed by atoms with E-state index in [9.17, 15) is 4.79 Å². The summed E-state index contributed by atoms with van der Waals surface area (Å²) in [5, 5.41) is 2.81. The number of carbonyl (C=O) groups is 1. The van der Waals surface area contributed by atoms with Gasteiger partial charge in [0.05, 0.1) is 12.7 Å². The van der Waals surface area contributed by atoms with Crippen molar-refractivity contribution in [2.24, 2.45) is 0 Å². The fraction of sp³-hybridized carbons (Fsp3) is 0.0667. The molecule has 0 atom stereocenters. The SMILES string of the molecule is [CH2]c1ccc(OC)c(C(=O)Nc2ccccc2)c1. The molecule has 18 heavy (non-hydrogen) atoms. The molecular formula is C15H14NO2. The van der Waals surface area contributed by atoms with E-state index in [0.717, 1.165) is 11.3 Å². The van der Waals surface area contributed by atoms with Crippen molar-refractivity contribution in [1.29, 1.82) is 0 Å². The van der Waals surface area contributed by atoms with E-state index >= 15 is 0 Å². The van der Waals surface area contributed by atoms with Crippen molar-refractivity contribution in [3.63, 3.8) is 0 Å². The van der Waals surface area contributed by atoms with Gasteiger partial charge in [0.15, 0.2) is 0 Å². The summed E-state index contributed by atoms with van der Waals surface area (Å²) in [5.41, 5.74) is 2.00. The van der Waals surface area contributed by atoms with E-state index in [4.69, 9.17) is 4.74 Å². The fourth-order valence-corrected chi connectivity index (χ4v) is 1.65. The predicted molar refractivity (Wildman–Crippen MR) is 71.8 cm³/mol. The van der Waals surface area contributed by atoms with Gasteiger partial charge in [-0.2, -0.15) is 0 Å². The number of anilines is 1. The summed E-state index contributed by atoms with van der Waals surface area (Å²) >= 11 is 0. The molecule has 0 bridgehead atoms. The molecule has 3 heteroatoms. The van der Waals surface area contributed by atoms with Crippen LogP contribution in [0.5, 0.6) is 5.75 Å². The highest BCUT2D eigenvalue weighted by Gasteiger charge is 2.12. The van der Waals surface area contributed by atoms with Gasteiger partial charge in [-0.1, -0.05) is 24.3 Å². The second-order valence-electron chi connectivity index (χ2n) is 3.85. The number of ether oxygens (including phenoxy) is 1. The van der Waals surface area contributed by atoms with E-state index in [-0.39, 0.29) is 5.91 Å². The molecule has 0 saturated carbocycles. The number of amides is 1. The number of methoxy groups -OCH3 is 1. The number of benzene rings is 2. The van der Waals surface area contributed by atoms with Crippen molar-refractivity contribution in [2.75, 3.05) is 12.4 Å². The lowest BCUT2D eigenvalue weighted by Gasteiger charge is -2.10. The first-order valence-corrected chi connectivity index (χ1v) is 5.57. The van der Waals surface area contributed by atoms with Gasteiger partial charge in [0.2, 0.25) is 0 Å². The van der Waals surface area contributed by atoms with Gasteiger partial charge >= 0.3 is 0 Å². The zero-order valence-electron chi connectivity index (χ0n) is 10.1. The Kier molecular flexibility index (Phi) is 3.63. The summed E-state index contributed by atoms with van der Waals surface area (Å²) in [5.74, 6) is 0.333. The van der Waals surface area contributed by atoms with E-state index in [1.165, 1.54) is 7.11 Å². The Hall–Kier alpha value is -2.29. The van der Waals surface area contributed by atoms with Gasteiger partial charge in [-0.05, 0) is 36.8 Å². The van der Waals surface area contributed by atoms with Crippen LogP contribution in [0.25, 0.3) is 0 Å². The zero-order chi connectivity index (χ0) is 13.0. The standard InChI is InChI=1S/C15H14NO2/c1-11-8-9-14(18-2)13(10-11)15(17)16-12-6-4-3-5-7-12/h3-10H,1H2,2H3,(H,16,17). The number of hydrogen-bond acceptors (Lipinski definition) is 2. The molecular weight excluding hydrogens is 226 g/mol. The van der Waals surface area contributed by atoms with Gasteiger partial charge in [-0.15, -0.1) is 0 Å². The Morgan fingerprint density at radius 1 is 1.17 bits per heavy atom. The highest BCUT2D eigenvalue weighted by Crippen LogP contribution is 2.21. The topological polar surface area (TPSA) is 38.3 Å². The van der Waals surface area contributed by atoms with E-state index < -0.39 is 0 Å². The Morgan fingerprint density at radius 3 is 2.56 bits per heavy atom. The average Bonchev–Trinajstić information content (AvgIpc) is 2.40. The van der Waals surface area contributed by atoms with Crippen LogP contribution in [0.4, 0.5) is 5.69 Å². The summed E-state index contributed by atoms with van der Waals surface area (Å²) in [6, 6.07) is 14.5. The molecule has 2 rings (SSSR count). The average molecular weight is 240 g/mol. The van der Waals surface area contributed by atoms with Gasteiger partial charge in [0, 0.05) is 5.69 Å². The quantitative estimate of drug-likeness (QED) is 0.895. The molecule has 0 heterocycles. The second kappa shape index (κ2) is 5.36. The lowest BCUT2D eigenvalue weighted by Crippen LogP contribution is -2.13. The summed E-state index contributed by atoms with van der Waals surface area (Å²) in [6.45, 7) is 3.81. The van der Waals surface area contributed by atoms with Crippen molar-refractivity contribution in [3.8, 4) is 5.75 Å². The van der Waals surface area contributed by atoms with Gasteiger partial charge in [0.1, 0.15) is 5.75 Å². The maximum absolute atomic E-state index is 12.1. The van der Waals surface area contributed by atoms with Crippen LogP contribution in [0, 0.1) is 6.92 Å². The predicted octanol–water partition coefficient (Wildman–Crippen LogP) is 3.13. The van der Waals surface area contributed by atoms with Crippen LogP contribution in [-0.2, 0) is 0 Å². The van der Waals surface area contributed by atoms with E-state index in [0.29, 0.717) is 11.3 Å². The maximum Gasteiger partial charge on any atom is 0.259 e. The lowest BCUT2D eigenvalue weighted by atomic mass is 10.1. The Morgan fingerprint density at radius 2 is 1.89 bits per heavy atom. The zero-order valence-corrected chi connectivity index (χ0v) is 10.1. The molecule has 0 aromatic heterocycles. The molecule has 2 aromatic rings. The Bertz CT molecular complexity index is 550. The first kappa shape index (κ1) is 12.2. The van der Waals surface area contributed by atoms with Crippen LogP contribution in [0.15, 0.2) is 48.5 Å². The first-order chi connectivity index (χ1) is 8.70. The van der Waals surface area contributed by atoms with Crippen LogP contribution >= 0.6 is 0 Å². The minimum Gasteiger partial charge on any atom is -0.496 e. The van der Waals surface area contributed by atoms with Crippen molar-refractivity contribution in [2.45, 2.75) is 0 Å². The van der Waals surface area contributed by atoms with Crippen LogP contribution < -0.4 is 10.1 Å². The number of carbonyl (C=O) groups excluding carboxylic acids is 1. The molecule has 2 aromatic carbocycles. The molecule has 3 nitrogen and oxygen atoms in total. The molecule has 0 aliphatic carbocycles. The number of nitrogens with one attached hydrogen (secondary N) is 1. The second-order valence-corrected chi connectivity index (χ2v) is 3.85. The number of rotatable bonds is 3. The molecule has 0 unspecified atom stereocenters. The molecule has 0 saturated heterocycles. The molecule has 1 N–H and O–H groups in total.